The fraction of sp³-hybridized carbons (Fsp3) is 0.840. The smallest absolute Gasteiger partial charge is 0.259 e. The van der Waals surface area contributed by atoms with Gasteiger partial charge in [-0.3, -0.25) is 4.79 Å². The highest BCUT2D eigenvalue weighted by Crippen LogP contribution is 2.40. The Morgan fingerprint density at radius 3 is 2.35 bits per heavy atom. The molecule has 1 saturated carbocycles. The Morgan fingerprint density at radius 2 is 1.65 bits per heavy atom. The number of hydrogen-bond donors (Lipinski definition) is 1. The van der Waals surface area contributed by atoms with Gasteiger partial charge < -0.3 is 15.1 Å². The van der Waals surface area contributed by atoms with Gasteiger partial charge in [0.1, 0.15) is 11.4 Å². The van der Waals surface area contributed by atoms with E-state index in [1.54, 1.807) is 0 Å². The monoisotopic (exact) mass is 427 g/mol. The van der Waals surface area contributed by atoms with Gasteiger partial charge in [-0.15, -0.1) is 0 Å². The highest BCUT2D eigenvalue weighted by Gasteiger charge is 2.40. The van der Waals surface area contributed by atoms with Crippen molar-refractivity contribution >= 4 is 11.7 Å². The second kappa shape index (κ2) is 8.76. The van der Waals surface area contributed by atoms with Gasteiger partial charge in [0.2, 0.25) is 0 Å². The summed E-state index contributed by atoms with van der Waals surface area (Å²) in [6.07, 6.45) is 15.9. The molecule has 0 radical (unpaired) electrons. The van der Waals surface area contributed by atoms with Crippen LogP contribution in [0.5, 0.6) is 0 Å². The van der Waals surface area contributed by atoms with Gasteiger partial charge in [-0.2, -0.15) is 5.10 Å². The number of nitrogens with one attached hydrogen (secondary N) is 1. The highest BCUT2D eigenvalue weighted by atomic mass is 16.2. The van der Waals surface area contributed by atoms with E-state index in [9.17, 15) is 4.79 Å². The standard InChI is InChI=1S/C25H41N5O/c1-25(2)17-22(19-9-5-3-6-10-19)27-23-21(18-26-30(23)25)24(31)29-15-11-20(12-16-29)28-13-7-4-8-14-28/h18-20,22,27H,3-17H2,1-2H3. The molecule has 1 N–H and O–H groups in total. The Kier molecular flexibility index (Phi) is 6.02. The van der Waals surface area contributed by atoms with Crippen LogP contribution < -0.4 is 5.32 Å². The van der Waals surface area contributed by atoms with E-state index in [4.69, 9.17) is 5.10 Å². The molecule has 1 aliphatic carbocycles. The predicted molar refractivity (Wildman–Crippen MR) is 125 cm³/mol. The first kappa shape index (κ1) is 21.3. The number of aromatic nitrogens is 2. The van der Waals surface area contributed by atoms with Crippen molar-refractivity contribution in [2.24, 2.45) is 5.92 Å². The Labute approximate surface area is 187 Å². The first-order valence-corrected chi connectivity index (χ1v) is 12.9. The number of amides is 1. The summed E-state index contributed by atoms with van der Waals surface area (Å²) in [5.41, 5.74) is 0.729. The van der Waals surface area contributed by atoms with Gasteiger partial charge in [0.15, 0.2) is 0 Å². The van der Waals surface area contributed by atoms with Crippen LogP contribution in [0.4, 0.5) is 5.82 Å². The van der Waals surface area contributed by atoms with E-state index in [1.807, 2.05) is 6.20 Å². The second-order valence-electron chi connectivity index (χ2n) is 11.1. The van der Waals surface area contributed by atoms with Crippen LogP contribution in [-0.4, -0.2) is 63.8 Å². The molecule has 1 amide bonds. The fourth-order valence-electron chi connectivity index (χ4n) is 6.66. The van der Waals surface area contributed by atoms with Crippen LogP contribution >= 0.6 is 0 Å². The average molecular weight is 428 g/mol. The lowest BCUT2D eigenvalue weighted by Gasteiger charge is -2.43. The maximum absolute atomic E-state index is 13.5. The molecule has 1 aromatic heterocycles. The summed E-state index contributed by atoms with van der Waals surface area (Å²) < 4.78 is 2.08. The van der Waals surface area contributed by atoms with Crippen molar-refractivity contribution in [1.82, 2.24) is 19.6 Å². The topological polar surface area (TPSA) is 53.4 Å². The quantitative estimate of drug-likeness (QED) is 0.773. The number of nitrogens with zero attached hydrogens (tertiary/aromatic N) is 4. The summed E-state index contributed by atoms with van der Waals surface area (Å²) in [4.78, 5) is 18.3. The molecule has 172 valence electrons. The summed E-state index contributed by atoms with van der Waals surface area (Å²) in [7, 11) is 0. The minimum atomic E-state index is -0.0531. The number of rotatable bonds is 3. The van der Waals surface area contributed by atoms with Crippen molar-refractivity contribution in [3.8, 4) is 0 Å². The molecule has 1 atom stereocenters. The third-order valence-electron chi connectivity index (χ3n) is 8.49. The highest BCUT2D eigenvalue weighted by molar-refractivity contribution is 5.99. The SMILES string of the molecule is CC1(C)CC(C2CCCCC2)Nc2c(C(=O)N3CCC(N4CCCCC4)CC3)cnn21. The third-order valence-corrected chi connectivity index (χ3v) is 8.49. The van der Waals surface area contributed by atoms with Gasteiger partial charge in [0.25, 0.3) is 5.91 Å². The molecule has 1 unspecified atom stereocenters. The van der Waals surface area contributed by atoms with Crippen LogP contribution in [0.1, 0.15) is 94.8 Å². The largest absolute Gasteiger partial charge is 0.366 e. The van der Waals surface area contributed by atoms with Crippen molar-refractivity contribution < 1.29 is 4.79 Å². The summed E-state index contributed by atoms with van der Waals surface area (Å²) in [5.74, 6) is 1.86. The molecule has 3 fully saturated rings. The molecular formula is C25H41N5O. The number of carbonyl (C=O) groups excluding carboxylic acids is 1. The van der Waals surface area contributed by atoms with Gasteiger partial charge in [0, 0.05) is 25.2 Å². The van der Waals surface area contributed by atoms with Gasteiger partial charge in [0.05, 0.1) is 11.7 Å². The molecule has 0 aromatic carbocycles. The van der Waals surface area contributed by atoms with Crippen molar-refractivity contribution in [3.05, 3.63) is 11.8 Å². The molecule has 0 spiro atoms. The molecule has 31 heavy (non-hydrogen) atoms. The average Bonchev–Trinajstić information content (AvgIpc) is 3.25. The lowest BCUT2D eigenvalue weighted by Crippen LogP contribution is -2.48. The molecule has 6 heteroatoms. The first-order chi connectivity index (χ1) is 15.0. The molecule has 4 heterocycles. The zero-order chi connectivity index (χ0) is 21.4. The van der Waals surface area contributed by atoms with Crippen LogP contribution in [0.15, 0.2) is 6.20 Å². The molecule has 2 saturated heterocycles. The summed E-state index contributed by atoms with van der Waals surface area (Å²) in [5, 5.41) is 8.49. The predicted octanol–water partition coefficient (Wildman–Crippen LogP) is 4.47. The number of fused-ring (bicyclic) bond motifs is 1. The van der Waals surface area contributed by atoms with Crippen LogP contribution in [0.3, 0.4) is 0 Å². The van der Waals surface area contributed by atoms with Gasteiger partial charge in [-0.25, -0.2) is 4.68 Å². The van der Waals surface area contributed by atoms with E-state index in [0.29, 0.717) is 12.1 Å². The zero-order valence-corrected chi connectivity index (χ0v) is 19.6. The van der Waals surface area contributed by atoms with Crippen LogP contribution in [0, 0.1) is 5.92 Å². The van der Waals surface area contributed by atoms with Crippen molar-refractivity contribution in [1.29, 1.82) is 0 Å². The minimum Gasteiger partial charge on any atom is -0.366 e. The lowest BCUT2D eigenvalue weighted by atomic mass is 9.78. The Hall–Kier alpha value is -1.56. The molecule has 3 aliphatic heterocycles. The van der Waals surface area contributed by atoms with Crippen LogP contribution in [-0.2, 0) is 5.54 Å². The number of anilines is 1. The van der Waals surface area contributed by atoms with E-state index < -0.39 is 0 Å². The van der Waals surface area contributed by atoms with Crippen LogP contribution in [0.25, 0.3) is 0 Å². The van der Waals surface area contributed by atoms with E-state index in [0.717, 1.165) is 49.7 Å². The summed E-state index contributed by atoms with van der Waals surface area (Å²) in [6.45, 7) is 8.80. The number of hydrogen-bond acceptors (Lipinski definition) is 4. The molecule has 0 bridgehead atoms. The third kappa shape index (κ3) is 4.24. The Bertz CT molecular complexity index is 767. The number of likely N-dealkylation sites (tertiary alicyclic amines) is 2. The minimum absolute atomic E-state index is 0.0531. The number of carbonyl (C=O) groups is 1. The maximum atomic E-state index is 13.5. The van der Waals surface area contributed by atoms with Gasteiger partial charge >= 0.3 is 0 Å². The lowest BCUT2D eigenvalue weighted by molar-refractivity contribution is 0.0590. The molecule has 6 nitrogen and oxygen atoms in total. The van der Waals surface area contributed by atoms with E-state index in [-0.39, 0.29) is 11.4 Å². The normalized spacial score (nSPS) is 28.2. The maximum Gasteiger partial charge on any atom is 0.259 e. The van der Waals surface area contributed by atoms with Crippen molar-refractivity contribution in [2.45, 2.75) is 102 Å². The number of piperidine rings is 2. The van der Waals surface area contributed by atoms with Crippen molar-refractivity contribution in [2.75, 3.05) is 31.5 Å². The second-order valence-corrected chi connectivity index (χ2v) is 11.1. The molecule has 4 aliphatic rings. The van der Waals surface area contributed by atoms with Crippen molar-refractivity contribution in [3.63, 3.8) is 0 Å². The van der Waals surface area contributed by atoms with Gasteiger partial charge in [-0.05, 0) is 77.8 Å². The van der Waals surface area contributed by atoms with E-state index in [1.165, 1.54) is 64.5 Å². The Balaban J connectivity index is 1.28. The molecule has 5 rings (SSSR count). The summed E-state index contributed by atoms with van der Waals surface area (Å²) >= 11 is 0. The van der Waals surface area contributed by atoms with Crippen LogP contribution in [0.2, 0.25) is 0 Å². The Morgan fingerprint density at radius 1 is 0.968 bits per heavy atom. The molecule has 1 aromatic rings. The summed E-state index contributed by atoms with van der Waals surface area (Å²) in [6, 6.07) is 1.12. The zero-order valence-electron chi connectivity index (χ0n) is 19.6. The van der Waals surface area contributed by atoms with E-state index in [2.05, 4.69) is 33.6 Å². The molecular weight excluding hydrogens is 386 g/mol. The van der Waals surface area contributed by atoms with E-state index >= 15 is 0 Å². The fourth-order valence-corrected chi connectivity index (χ4v) is 6.66. The van der Waals surface area contributed by atoms with Gasteiger partial charge in [-0.1, -0.05) is 25.7 Å². The first-order valence-electron chi connectivity index (χ1n) is 12.9.